The number of sulfonamides is 1. The topological polar surface area (TPSA) is 118 Å². The van der Waals surface area contributed by atoms with Crippen LogP contribution in [0.1, 0.15) is 13.8 Å². The zero-order chi connectivity index (χ0) is 21.9. The van der Waals surface area contributed by atoms with Crippen molar-refractivity contribution in [3.63, 3.8) is 0 Å². The minimum atomic E-state index is -3.94. The third-order valence-electron chi connectivity index (χ3n) is 4.71. The number of hydrogen-bond acceptors (Lipinski definition) is 6. The lowest BCUT2D eigenvalue weighted by Crippen LogP contribution is -2.41. The van der Waals surface area contributed by atoms with Crippen LogP contribution in [0.25, 0.3) is 22.4 Å². The Kier molecular flexibility index (Phi) is 6.45. The molecular weight excluding hydrogens is 407 g/mol. The van der Waals surface area contributed by atoms with E-state index in [1.54, 1.807) is 24.3 Å². The first kappa shape index (κ1) is 21.8. The normalized spacial score (nSPS) is 12.8. The number of rotatable bonds is 7. The van der Waals surface area contributed by atoms with Gasteiger partial charge in [0.15, 0.2) is 0 Å². The maximum atomic E-state index is 14.8. The van der Waals surface area contributed by atoms with Crippen molar-refractivity contribution < 1.29 is 17.9 Å². The van der Waals surface area contributed by atoms with Crippen LogP contribution in [0, 0.1) is 11.7 Å². The van der Waals surface area contributed by atoms with E-state index >= 15 is 0 Å². The van der Waals surface area contributed by atoms with Crippen LogP contribution in [0.3, 0.4) is 0 Å². The highest BCUT2D eigenvalue weighted by atomic mass is 32.2. The van der Waals surface area contributed by atoms with Crippen LogP contribution in [-0.4, -0.2) is 36.1 Å². The minimum absolute atomic E-state index is 0.00327. The number of halogens is 1. The highest BCUT2D eigenvalue weighted by Crippen LogP contribution is 2.31. The number of aliphatic hydroxyl groups is 1. The number of nitrogens with one attached hydrogen (secondary N) is 1. The predicted molar refractivity (Wildman–Crippen MR) is 113 cm³/mol. The smallest absolute Gasteiger partial charge is 0.241 e. The second-order valence-corrected chi connectivity index (χ2v) is 8.85. The number of anilines is 1. The van der Waals surface area contributed by atoms with Gasteiger partial charge in [0.05, 0.1) is 29.6 Å². The fraction of sp³-hybridized carbons (Fsp3) is 0.238. The summed E-state index contributed by atoms with van der Waals surface area (Å²) >= 11 is 0. The Labute approximate surface area is 174 Å². The van der Waals surface area contributed by atoms with Crippen molar-refractivity contribution in [2.75, 3.05) is 12.3 Å². The number of nitrogen functional groups attached to an aromatic ring is 1. The molecule has 0 aliphatic carbocycles. The molecule has 0 fully saturated rings. The van der Waals surface area contributed by atoms with E-state index in [2.05, 4.69) is 14.7 Å². The first-order valence-corrected chi connectivity index (χ1v) is 10.8. The molecule has 0 aliphatic rings. The van der Waals surface area contributed by atoms with Gasteiger partial charge in [0.1, 0.15) is 11.6 Å². The number of aliphatic hydroxyl groups excluding tert-OH is 1. The summed E-state index contributed by atoms with van der Waals surface area (Å²) in [6, 6.07) is 10.1. The molecule has 9 heteroatoms. The molecule has 158 valence electrons. The average Bonchev–Trinajstić information content (AvgIpc) is 2.72. The van der Waals surface area contributed by atoms with E-state index in [4.69, 9.17) is 5.73 Å². The van der Waals surface area contributed by atoms with Crippen molar-refractivity contribution in [2.45, 2.75) is 24.8 Å². The van der Waals surface area contributed by atoms with Gasteiger partial charge in [0.25, 0.3) is 0 Å². The van der Waals surface area contributed by atoms with Crippen molar-refractivity contribution in [3.8, 4) is 22.4 Å². The molecule has 3 rings (SSSR count). The van der Waals surface area contributed by atoms with Crippen molar-refractivity contribution in [1.29, 1.82) is 0 Å². The highest BCUT2D eigenvalue weighted by molar-refractivity contribution is 7.89. The van der Waals surface area contributed by atoms with E-state index < -0.39 is 21.9 Å². The Balaban J connectivity index is 2.01. The first-order valence-electron chi connectivity index (χ1n) is 9.33. The molecule has 0 saturated carbocycles. The van der Waals surface area contributed by atoms with E-state index in [9.17, 15) is 17.9 Å². The molecule has 1 atom stereocenters. The van der Waals surface area contributed by atoms with Crippen LogP contribution in [0.4, 0.5) is 10.2 Å². The van der Waals surface area contributed by atoms with E-state index in [0.717, 1.165) is 0 Å². The molecule has 0 aliphatic heterocycles. The molecule has 7 nitrogen and oxygen atoms in total. The molecule has 0 radical (unpaired) electrons. The summed E-state index contributed by atoms with van der Waals surface area (Å²) in [4.78, 5) is 7.99. The van der Waals surface area contributed by atoms with E-state index in [1.807, 2.05) is 13.8 Å². The fourth-order valence-corrected chi connectivity index (χ4v) is 4.56. The van der Waals surface area contributed by atoms with Gasteiger partial charge in [-0.2, -0.15) is 0 Å². The third kappa shape index (κ3) is 4.64. The van der Waals surface area contributed by atoms with Gasteiger partial charge in [-0.05, 0) is 29.7 Å². The Hall–Kier alpha value is -2.88. The molecule has 0 unspecified atom stereocenters. The van der Waals surface area contributed by atoms with Gasteiger partial charge < -0.3 is 10.8 Å². The van der Waals surface area contributed by atoms with Crippen molar-refractivity contribution in [3.05, 3.63) is 60.7 Å². The fourth-order valence-electron chi connectivity index (χ4n) is 2.95. The summed E-state index contributed by atoms with van der Waals surface area (Å²) in [5.74, 6) is -0.443. The number of hydrogen-bond donors (Lipinski definition) is 3. The first-order chi connectivity index (χ1) is 14.2. The number of benzene rings is 2. The van der Waals surface area contributed by atoms with Gasteiger partial charge in [-0.1, -0.05) is 38.1 Å². The molecule has 1 aromatic heterocycles. The second kappa shape index (κ2) is 8.86. The van der Waals surface area contributed by atoms with Crippen molar-refractivity contribution in [1.82, 2.24) is 14.7 Å². The summed E-state index contributed by atoms with van der Waals surface area (Å²) in [7, 11) is -3.94. The number of nitrogens with two attached hydrogens (primary N) is 1. The molecule has 0 bridgehead atoms. The van der Waals surface area contributed by atoms with Crippen molar-refractivity contribution >= 4 is 15.8 Å². The van der Waals surface area contributed by atoms with Crippen LogP contribution in [-0.2, 0) is 10.0 Å². The monoisotopic (exact) mass is 430 g/mol. The number of aromatic nitrogens is 2. The summed E-state index contributed by atoms with van der Waals surface area (Å²) in [6.45, 7) is 3.29. The van der Waals surface area contributed by atoms with Gasteiger partial charge in [0.2, 0.25) is 10.0 Å². The Morgan fingerprint density at radius 3 is 2.43 bits per heavy atom. The van der Waals surface area contributed by atoms with Crippen LogP contribution < -0.4 is 10.5 Å². The second-order valence-electron chi connectivity index (χ2n) is 7.17. The Morgan fingerprint density at radius 1 is 1.10 bits per heavy atom. The molecule has 30 heavy (non-hydrogen) atoms. The number of nitrogens with zero attached hydrogens (tertiary/aromatic N) is 2. The van der Waals surface area contributed by atoms with E-state index in [0.29, 0.717) is 16.8 Å². The summed E-state index contributed by atoms with van der Waals surface area (Å²) in [5, 5.41) is 9.49. The van der Waals surface area contributed by atoms with Gasteiger partial charge in [0, 0.05) is 17.2 Å². The van der Waals surface area contributed by atoms with Crippen LogP contribution >= 0.6 is 0 Å². The molecule has 0 saturated heterocycles. The zero-order valence-corrected chi connectivity index (χ0v) is 17.4. The lowest BCUT2D eigenvalue weighted by Gasteiger charge is -2.21. The summed E-state index contributed by atoms with van der Waals surface area (Å²) < 4.78 is 43.3. The quantitative estimate of drug-likeness (QED) is 0.530. The maximum absolute atomic E-state index is 14.8. The molecule has 0 spiro atoms. The zero-order valence-electron chi connectivity index (χ0n) is 16.6. The highest BCUT2D eigenvalue weighted by Gasteiger charge is 2.25. The van der Waals surface area contributed by atoms with Gasteiger partial charge in [-0.3, -0.25) is 4.98 Å². The van der Waals surface area contributed by atoms with E-state index in [-0.39, 0.29) is 28.8 Å². The molecule has 1 heterocycles. The molecule has 0 amide bonds. The van der Waals surface area contributed by atoms with Crippen molar-refractivity contribution in [2.24, 2.45) is 5.92 Å². The Morgan fingerprint density at radius 2 is 1.83 bits per heavy atom. The minimum Gasteiger partial charge on any atom is -0.395 e. The van der Waals surface area contributed by atoms with Crippen LogP contribution in [0.15, 0.2) is 59.8 Å². The van der Waals surface area contributed by atoms with Gasteiger partial charge in [-0.25, -0.2) is 22.5 Å². The molecule has 2 aromatic carbocycles. The van der Waals surface area contributed by atoms with E-state index in [1.165, 1.54) is 30.6 Å². The van der Waals surface area contributed by atoms with Crippen LogP contribution in [0.5, 0.6) is 0 Å². The predicted octanol–water partition coefficient (Wildman–Crippen LogP) is 2.83. The maximum Gasteiger partial charge on any atom is 0.241 e. The van der Waals surface area contributed by atoms with Gasteiger partial charge >= 0.3 is 0 Å². The van der Waals surface area contributed by atoms with Crippen LogP contribution in [0.2, 0.25) is 0 Å². The SMILES string of the molecule is CC(C)[C@H](CO)NS(=O)(=O)c1ccccc1-c1ccc(-c2cnc(N)cn2)c(F)c1. The third-order valence-corrected chi connectivity index (χ3v) is 6.26. The Bertz CT molecular complexity index is 1140. The largest absolute Gasteiger partial charge is 0.395 e. The standard InChI is InChI=1S/C21H23FN4O3S/c1-13(2)19(12-27)26-30(28,29)20-6-4-3-5-15(20)14-7-8-16(17(22)9-14)18-10-25-21(23)11-24-18/h3-11,13,19,26-27H,12H2,1-2H3,(H2,23,25)/t19-/m0/s1. The molecular formula is C21H23FN4O3S. The average molecular weight is 431 g/mol. The summed E-state index contributed by atoms with van der Waals surface area (Å²) in [6.07, 6.45) is 2.71. The lowest BCUT2D eigenvalue weighted by molar-refractivity contribution is 0.227. The molecule has 4 N–H and O–H groups in total. The van der Waals surface area contributed by atoms with Gasteiger partial charge in [-0.15, -0.1) is 0 Å². The molecule has 3 aromatic rings. The summed E-state index contributed by atoms with van der Waals surface area (Å²) in [5.41, 5.74) is 6.80. The lowest BCUT2D eigenvalue weighted by atomic mass is 10.0.